The van der Waals surface area contributed by atoms with Gasteiger partial charge in [0.05, 0.1) is 0 Å². The van der Waals surface area contributed by atoms with Crippen LogP contribution >= 0.6 is 22.6 Å². The topological polar surface area (TPSA) is 49.4 Å². The zero-order valence-corrected chi connectivity index (χ0v) is 6.46. The maximum atomic E-state index is 11.8. The standard InChI is InChI=1S/C2F3IN4/c3-1(4,5)2(6)7-9-10-8-2. The quantitative estimate of drug-likeness (QED) is 0.366. The van der Waals surface area contributed by atoms with Crippen LogP contribution in [-0.4, -0.2) is 9.85 Å². The lowest BCUT2D eigenvalue weighted by atomic mass is 10.5. The molecule has 0 unspecified atom stereocenters. The smallest absolute Gasteiger partial charge is 0.165 e. The highest BCUT2D eigenvalue weighted by Gasteiger charge is 2.56. The van der Waals surface area contributed by atoms with Crippen molar-refractivity contribution >= 4 is 22.6 Å². The average Bonchev–Trinajstić information content (AvgIpc) is 2.13. The first kappa shape index (κ1) is 7.82. The van der Waals surface area contributed by atoms with Crippen LogP contribution in [0.1, 0.15) is 0 Å². The van der Waals surface area contributed by atoms with Gasteiger partial charge in [-0.15, -0.1) is 10.2 Å². The summed E-state index contributed by atoms with van der Waals surface area (Å²) in [6.07, 6.45) is -4.52. The van der Waals surface area contributed by atoms with Gasteiger partial charge in [-0.3, -0.25) is 0 Å². The lowest BCUT2D eigenvalue weighted by molar-refractivity contribution is -0.150. The van der Waals surface area contributed by atoms with Crippen LogP contribution in [0.3, 0.4) is 0 Å². The van der Waals surface area contributed by atoms with Gasteiger partial charge in [0.1, 0.15) is 0 Å². The summed E-state index contributed by atoms with van der Waals surface area (Å²) in [4.78, 5) is 0. The van der Waals surface area contributed by atoms with Gasteiger partial charge in [0, 0.05) is 0 Å². The molecule has 0 saturated heterocycles. The molecule has 0 aromatic heterocycles. The third-order valence-electron chi connectivity index (χ3n) is 0.755. The van der Waals surface area contributed by atoms with Gasteiger partial charge >= 0.3 is 9.85 Å². The van der Waals surface area contributed by atoms with Gasteiger partial charge in [-0.05, 0) is 33.0 Å². The van der Waals surface area contributed by atoms with E-state index in [1.807, 2.05) is 0 Å². The Morgan fingerprint density at radius 3 is 1.70 bits per heavy atom. The average molecular weight is 264 g/mol. The molecule has 56 valence electrons. The molecular weight excluding hydrogens is 264 g/mol. The van der Waals surface area contributed by atoms with Gasteiger partial charge in [0.25, 0.3) is 0 Å². The van der Waals surface area contributed by atoms with Crippen LogP contribution in [-0.2, 0) is 0 Å². The van der Waals surface area contributed by atoms with Crippen LogP contribution in [0.2, 0.25) is 0 Å². The summed E-state index contributed by atoms with van der Waals surface area (Å²) >= 11 is 1.03. The van der Waals surface area contributed by atoms with Crippen molar-refractivity contribution < 1.29 is 13.2 Å². The Hall–Kier alpha value is -0.280. The van der Waals surface area contributed by atoms with E-state index in [2.05, 4.69) is 20.7 Å². The maximum absolute atomic E-state index is 11.8. The zero-order valence-electron chi connectivity index (χ0n) is 4.30. The molecular formula is C2F3IN4. The molecule has 0 spiro atoms. The van der Waals surface area contributed by atoms with E-state index >= 15 is 0 Å². The predicted molar refractivity (Wildman–Crippen MR) is 32.5 cm³/mol. The van der Waals surface area contributed by atoms with Gasteiger partial charge in [0.2, 0.25) is 0 Å². The van der Waals surface area contributed by atoms with Crippen molar-refractivity contribution in [3.63, 3.8) is 0 Å². The summed E-state index contributed by atoms with van der Waals surface area (Å²) in [5.41, 5.74) is 0. The molecule has 8 heteroatoms. The minimum atomic E-state index is -4.52. The van der Waals surface area contributed by atoms with Crippen molar-refractivity contribution in [3.05, 3.63) is 0 Å². The normalized spacial score (nSPS) is 22.0. The van der Waals surface area contributed by atoms with Gasteiger partial charge in [0.15, 0.2) is 0 Å². The van der Waals surface area contributed by atoms with Crippen molar-refractivity contribution in [1.82, 2.24) is 0 Å². The molecule has 1 aliphatic heterocycles. The Kier molecular flexibility index (Phi) is 1.65. The van der Waals surface area contributed by atoms with Crippen LogP contribution < -0.4 is 0 Å². The molecule has 0 radical (unpaired) electrons. The van der Waals surface area contributed by atoms with Gasteiger partial charge in [-0.25, -0.2) is 0 Å². The van der Waals surface area contributed by atoms with Crippen LogP contribution in [0.25, 0.3) is 0 Å². The molecule has 0 saturated carbocycles. The van der Waals surface area contributed by atoms with Crippen molar-refractivity contribution in [2.45, 2.75) is 9.85 Å². The molecule has 1 aliphatic rings. The fraction of sp³-hybridized carbons (Fsp3) is 1.00. The first-order chi connectivity index (χ1) is 4.46. The summed E-state index contributed by atoms with van der Waals surface area (Å²) < 4.78 is 33.0. The monoisotopic (exact) mass is 264 g/mol. The third kappa shape index (κ3) is 1.11. The third-order valence-corrected chi connectivity index (χ3v) is 1.80. The molecule has 0 atom stereocenters. The summed E-state index contributed by atoms with van der Waals surface area (Å²) in [5, 5.41) is 11.1. The van der Waals surface area contributed by atoms with E-state index in [0.29, 0.717) is 0 Å². The van der Waals surface area contributed by atoms with Crippen LogP contribution in [0.4, 0.5) is 13.2 Å². The van der Waals surface area contributed by atoms with Crippen LogP contribution in [0.15, 0.2) is 20.7 Å². The van der Waals surface area contributed by atoms with Crippen LogP contribution in [0.5, 0.6) is 0 Å². The molecule has 10 heavy (non-hydrogen) atoms. The Bertz CT molecular complexity index is 183. The highest BCUT2D eigenvalue weighted by molar-refractivity contribution is 14.1. The van der Waals surface area contributed by atoms with Crippen LogP contribution in [0, 0.1) is 0 Å². The van der Waals surface area contributed by atoms with Gasteiger partial charge in [-0.2, -0.15) is 13.2 Å². The molecule has 0 aromatic carbocycles. The number of nitrogens with zero attached hydrogens (tertiary/aromatic N) is 4. The van der Waals surface area contributed by atoms with E-state index in [1.165, 1.54) is 0 Å². The van der Waals surface area contributed by atoms with Gasteiger partial charge < -0.3 is 0 Å². The maximum Gasteiger partial charge on any atom is 0.447 e. The second kappa shape index (κ2) is 2.10. The summed E-state index contributed by atoms with van der Waals surface area (Å²) in [6, 6.07) is 0. The molecule has 0 N–H and O–H groups in total. The lowest BCUT2D eigenvalue weighted by Crippen LogP contribution is -2.33. The fourth-order valence-electron chi connectivity index (χ4n) is 0.292. The second-order valence-electron chi connectivity index (χ2n) is 1.46. The highest BCUT2D eigenvalue weighted by Crippen LogP contribution is 2.43. The van der Waals surface area contributed by atoms with Crippen molar-refractivity contribution in [3.8, 4) is 0 Å². The molecule has 4 nitrogen and oxygen atoms in total. The van der Waals surface area contributed by atoms with E-state index in [1.54, 1.807) is 0 Å². The van der Waals surface area contributed by atoms with Crippen molar-refractivity contribution in [2.75, 3.05) is 0 Å². The Balaban J connectivity index is 2.90. The zero-order chi connectivity index (χ0) is 7.83. The van der Waals surface area contributed by atoms with E-state index < -0.39 is 9.85 Å². The van der Waals surface area contributed by atoms with E-state index in [4.69, 9.17) is 0 Å². The minimum absolute atomic E-state index is 1.03. The molecule has 0 bridgehead atoms. The molecule has 1 rings (SSSR count). The van der Waals surface area contributed by atoms with E-state index in [9.17, 15) is 13.2 Å². The van der Waals surface area contributed by atoms with E-state index in [0.717, 1.165) is 22.6 Å². The number of rotatable bonds is 0. The minimum Gasteiger partial charge on any atom is -0.165 e. The highest BCUT2D eigenvalue weighted by atomic mass is 127. The Morgan fingerprint density at radius 1 is 1.10 bits per heavy atom. The largest absolute Gasteiger partial charge is 0.447 e. The molecule has 0 aromatic rings. The fourth-order valence-corrected chi connectivity index (χ4v) is 0.485. The first-order valence-corrected chi connectivity index (χ1v) is 3.13. The lowest BCUT2D eigenvalue weighted by Gasteiger charge is -2.14. The van der Waals surface area contributed by atoms with Gasteiger partial charge in [-0.1, -0.05) is 0 Å². The predicted octanol–water partition coefficient (Wildman–Crippen LogP) is 2.47. The van der Waals surface area contributed by atoms with Crippen molar-refractivity contribution in [1.29, 1.82) is 0 Å². The summed E-state index contributed by atoms with van der Waals surface area (Å²) in [5.74, 6) is 0. The SMILES string of the molecule is FC(F)(F)C1(I)N=NN=N1. The molecule has 0 amide bonds. The number of alkyl halides is 4. The van der Waals surface area contributed by atoms with Crippen molar-refractivity contribution in [2.24, 2.45) is 20.7 Å². The number of hydrogen-bond acceptors (Lipinski definition) is 4. The molecule has 0 fully saturated rings. The number of halogens is 4. The van der Waals surface area contributed by atoms with E-state index in [-0.39, 0.29) is 0 Å². The molecule has 1 heterocycles. The summed E-state index contributed by atoms with van der Waals surface area (Å²) in [7, 11) is 0. The Labute approximate surface area is 66.7 Å². The first-order valence-electron chi connectivity index (χ1n) is 2.05. The summed E-state index contributed by atoms with van der Waals surface area (Å²) in [6.45, 7) is 0. The molecule has 0 aliphatic carbocycles. The second-order valence-corrected chi connectivity index (χ2v) is 2.97. The number of hydrogen-bond donors (Lipinski definition) is 0. The Morgan fingerprint density at radius 2 is 1.50 bits per heavy atom.